The zero-order chi connectivity index (χ0) is 10.1. The molecule has 0 aliphatic heterocycles. The third-order valence-electron chi connectivity index (χ3n) is 2.04. The van der Waals surface area contributed by atoms with E-state index in [0.29, 0.717) is 0 Å². The first-order valence-electron chi connectivity index (χ1n) is 4.15. The van der Waals surface area contributed by atoms with Crippen molar-refractivity contribution in [3.05, 3.63) is 34.9 Å². The fourth-order valence-corrected chi connectivity index (χ4v) is 1.63. The molecule has 0 radical (unpaired) electrons. The molecule has 0 bridgehead atoms. The van der Waals surface area contributed by atoms with Crippen LogP contribution in [0.25, 0.3) is 11.3 Å². The number of hydrogen-bond donors (Lipinski definition) is 1. The Hall–Kier alpha value is -1.29. The second kappa shape index (κ2) is 3.46. The lowest BCUT2D eigenvalue weighted by Gasteiger charge is -2.02. The summed E-state index contributed by atoms with van der Waals surface area (Å²) in [5.74, 6) is 0.204. The number of aromatic nitrogens is 2. The molecular formula is C10H9BrN2O. The standard InChI is InChI=1S/C10H9BrN2O/c1-13-10(9(14)6-12-13)7-2-4-8(11)5-3-7/h2-6,14H,1H3. The zero-order valence-electron chi connectivity index (χ0n) is 7.61. The first kappa shape index (κ1) is 9.27. The van der Waals surface area contributed by atoms with Gasteiger partial charge < -0.3 is 5.11 Å². The molecular weight excluding hydrogens is 244 g/mol. The summed E-state index contributed by atoms with van der Waals surface area (Å²) in [5, 5.41) is 13.5. The predicted molar refractivity (Wildman–Crippen MR) is 58.0 cm³/mol. The Balaban J connectivity index is 2.54. The first-order chi connectivity index (χ1) is 6.68. The van der Waals surface area contributed by atoms with Crippen molar-refractivity contribution in [3.8, 4) is 17.0 Å². The van der Waals surface area contributed by atoms with Crippen molar-refractivity contribution >= 4 is 15.9 Å². The van der Waals surface area contributed by atoms with E-state index in [1.54, 1.807) is 11.7 Å². The second-order valence-electron chi connectivity index (χ2n) is 3.01. The van der Waals surface area contributed by atoms with E-state index in [1.807, 2.05) is 24.3 Å². The van der Waals surface area contributed by atoms with Gasteiger partial charge >= 0.3 is 0 Å². The molecule has 0 aliphatic carbocycles. The van der Waals surface area contributed by atoms with E-state index in [9.17, 15) is 5.11 Å². The summed E-state index contributed by atoms with van der Waals surface area (Å²) in [5.41, 5.74) is 1.68. The largest absolute Gasteiger partial charge is 0.504 e. The maximum absolute atomic E-state index is 9.56. The van der Waals surface area contributed by atoms with Crippen molar-refractivity contribution in [2.75, 3.05) is 0 Å². The van der Waals surface area contributed by atoms with E-state index < -0.39 is 0 Å². The highest BCUT2D eigenvalue weighted by atomic mass is 79.9. The highest BCUT2D eigenvalue weighted by Crippen LogP contribution is 2.28. The third kappa shape index (κ3) is 1.53. The molecule has 1 aromatic carbocycles. The highest BCUT2D eigenvalue weighted by Gasteiger charge is 2.08. The number of aromatic hydroxyl groups is 1. The third-order valence-corrected chi connectivity index (χ3v) is 2.57. The fourth-order valence-electron chi connectivity index (χ4n) is 1.37. The number of aryl methyl sites for hydroxylation is 1. The molecule has 2 rings (SSSR count). The average Bonchev–Trinajstić information content (AvgIpc) is 2.49. The Morgan fingerprint density at radius 1 is 1.29 bits per heavy atom. The molecule has 0 spiro atoms. The van der Waals surface area contributed by atoms with E-state index in [-0.39, 0.29) is 5.75 Å². The molecule has 2 aromatic rings. The SMILES string of the molecule is Cn1ncc(O)c1-c1ccc(Br)cc1. The van der Waals surface area contributed by atoms with Gasteiger partial charge in [0.05, 0.1) is 6.20 Å². The lowest BCUT2D eigenvalue weighted by molar-refractivity contribution is 0.477. The van der Waals surface area contributed by atoms with Gasteiger partial charge in [0.25, 0.3) is 0 Å². The summed E-state index contributed by atoms with van der Waals surface area (Å²) < 4.78 is 2.67. The van der Waals surface area contributed by atoms with Crippen molar-refractivity contribution in [3.63, 3.8) is 0 Å². The van der Waals surface area contributed by atoms with Crippen LogP contribution in [-0.4, -0.2) is 14.9 Å². The molecule has 0 aliphatic rings. The van der Waals surface area contributed by atoms with Crippen LogP contribution in [0.4, 0.5) is 0 Å². The number of rotatable bonds is 1. The Morgan fingerprint density at radius 2 is 1.93 bits per heavy atom. The number of hydrogen-bond acceptors (Lipinski definition) is 2. The van der Waals surface area contributed by atoms with Gasteiger partial charge in [0.1, 0.15) is 5.69 Å². The predicted octanol–water partition coefficient (Wildman–Crippen LogP) is 2.56. The monoisotopic (exact) mass is 252 g/mol. The topological polar surface area (TPSA) is 38.0 Å². The lowest BCUT2D eigenvalue weighted by atomic mass is 10.1. The van der Waals surface area contributed by atoms with Crippen LogP contribution in [-0.2, 0) is 7.05 Å². The van der Waals surface area contributed by atoms with Crippen LogP contribution in [0.2, 0.25) is 0 Å². The lowest BCUT2D eigenvalue weighted by Crippen LogP contribution is -1.92. The van der Waals surface area contributed by atoms with Crippen LogP contribution in [0.1, 0.15) is 0 Å². The van der Waals surface area contributed by atoms with Crippen LogP contribution < -0.4 is 0 Å². The Morgan fingerprint density at radius 3 is 2.43 bits per heavy atom. The smallest absolute Gasteiger partial charge is 0.161 e. The summed E-state index contributed by atoms with van der Waals surface area (Å²) in [7, 11) is 1.80. The number of benzene rings is 1. The maximum Gasteiger partial charge on any atom is 0.161 e. The molecule has 14 heavy (non-hydrogen) atoms. The average molecular weight is 253 g/mol. The van der Waals surface area contributed by atoms with Crippen LogP contribution in [0.5, 0.6) is 5.75 Å². The minimum absolute atomic E-state index is 0.204. The number of nitrogens with zero attached hydrogens (tertiary/aromatic N) is 2. The van der Waals surface area contributed by atoms with Crippen molar-refractivity contribution in [1.29, 1.82) is 0 Å². The second-order valence-corrected chi connectivity index (χ2v) is 3.92. The van der Waals surface area contributed by atoms with Gasteiger partial charge in [-0.05, 0) is 12.1 Å². The molecule has 0 saturated heterocycles. The van der Waals surface area contributed by atoms with Crippen LogP contribution in [0.3, 0.4) is 0 Å². The zero-order valence-corrected chi connectivity index (χ0v) is 9.19. The molecule has 1 heterocycles. The van der Waals surface area contributed by atoms with Gasteiger partial charge in [0, 0.05) is 17.1 Å². The molecule has 0 unspecified atom stereocenters. The Kier molecular flexibility index (Phi) is 2.29. The molecule has 4 heteroatoms. The summed E-state index contributed by atoms with van der Waals surface area (Å²) in [6, 6.07) is 7.73. The normalized spacial score (nSPS) is 10.4. The molecule has 72 valence electrons. The van der Waals surface area contributed by atoms with Gasteiger partial charge in [-0.3, -0.25) is 4.68 Å². The van der Waals surface area contributed by atoms with E-state index >= 15 is 0 Å². The minimum Gasteiger partial charge on any atom is -0.504 e. The van der Waals surface area contributed by atoms with Gasteiger partial charge in [0.15, 0.2) is 5.75 Å². The summed E-state index contributed by atoms with van der Waals surface area (Å²) in [4.78, 5) is 0. The molecule has 1 N–H and O–H groups in total. The van der Waals surface area contributed by atoms with Gasteiger partial charge in [-0.25, -0.2) is 0 Å². The number of halogens is 1. The van der Waals surface area contributed by atoms with Gasteiger partial charge in [0.2, 0.25) is 0 Å². The molecule has 0 atom stereocenters. The van der Waals surface area contributed by atoms with E-state index in [4.69, 9.17) is 0 Å². The van der Waals surface area contributed by atoms with Crippen LogP contribution in [0.15, 0.2) is 34.9 Å². The van der Waals surface area contributed by atoms with Crippen molar-refractivity contribution in [2.45, 2.75) is 0 Å². The quantitative estimate of drug-likeness (QED) is 0.848. The van der Waals surface area contributed by atoms with Crippen molar-refractivity contribution in [2.24, 2.45) is 7.05 Å². The summed E-state index contributed by atoms with van der Waals surface area (Å²) in [6.45, 7) is 0. The maximum atomic E-state index is 9.56. The Labute approximate surface area is 90.1 Å². The van der Waals surface area contributed by atoms with E-state index in [1.165, 1.54) is 6.20 Å². The molecule has 0 fully saturated rings. The van der Waals surface area contributed by atoms with Crippen LogP contribution in [0, 0.1) is 0 Å². The molecule has 0 amide bonds. The summed E-state index contributed by atoms with van der Waals surface area (Å²) in [6.07, 6.45) is 1.44. The van der Waals surface area contributed by atoms with Crippen molar-refractivity contribution < 1.29 is 5.11 Å². The molecule has 0 saturated carbocycles. The van der Waals surface area contributed by atoms with Gasteiger partial charge in [-0.2, -0.15) is 5.10 Å². The van der Waals surface area contributed by atoms with Gasteiger partial charge in [-0.1, -0.05) is 28.1 Å². The minimum atomic E-state index is 0.204. The van der Waals surface area contributed by atoms with E-state index in [0.717, 1.165) is 15.7 Å². The van der Waals surface area contributed by atoms with Crippen molar-refractivity contribution in [1.82, 2.24) is 9.78 Å². The molecule has 3 nitrogen and oxygen atoms in total. The van der Waals surface area contributed by atoms with Crippen LogP contribution >= 0.6 is 15.9 Å². The first-order valence-corrected chi connectivity index (χ1v) is 4.94. The fraction of sp³-hybridized carbons (Fsp3) is 0.100. The van der Waals surface area contributed by atoms with E-state index in [2.05, 4.69) is 21.0 Å². The highest BCUT2D eigenvalue weighted by molar-refractivity contribution is 9.10. The summed E-state index contributed by atoms with van der Waals surface area (Å²) >= 11 is 3.36. The Bertz CT molecular complexity index is 428. The molecule has 1 aromatic heterocycles. The van der Waals surface area contributed by atoms with Gasteiger partial charge in [-0.15, -0.1) is 0 Å².